The van der Waals surface area contributed by atoms with Crippen LogP contribution in [0.5, 0.6) is 0 Å². The van der Waals surface area contributed by atoms with Crippen LogP contribution in [0.1, 0.15) is 49.3 Å². The van der Waals surface area contributed by atoms with Gasteiger partial charge in [-0.15, -0.1) is 0 Å². The number of ether oxygens (including phenoxy) is 1. The number of aliphatic hydroxyl groups is 1. The molecule has 1 aliphatic carbocycles. The molecule has 1 aliphatic heterocycles. The van der Waals surface area contributed by atoms with Gasteiger partial charge in [0.05, 0.1) is 18.8 Å². The molecule has 1 amide bonds. The van der Waals surface area contributed by atoms with E-state index in [9.17, 15) is 9.90 Å². The molecule has 2 aliphatic rings. The number of carbonyl (C=O) groups excluding carboxylic acids is 1. The number of likely N-dealkylation sites (tertiary alicyclic amines) is 1. The Morgan fingerprint density at radius 1 is 1.32 bits per heavy atom. The van der Waals surface area contributed by atoms with Gasteiger partial charge in [-0.1, -0.05) is 24.3 Å². The lowest BCUT2D eigenvalue weighted by molar-refractivity contribution is -0.119. The van der Waals surface area contributed by atoms with E-state index in [1.165, 1.54) is 11.1 Å². The van der Waals surface area contributed by atoms with Crippen LogP contribution in [0.2, 0.25) is 0 Å². The first-order valence-electron chi connectivity index (χ1n) is 9.50. The monoisotopic (exact) mass is 346 g/mol. The summed E-state index contributed by atoms with van der Waals surface area (Å²) in [7, 11) is 0. The summed E-state index contributed by atoms with van der Waals surface area (Å²) in [6.45, 7) is 2.77. The highest BCUT2D eigenvalue weighted by molar-refractivity contribution is 5.74. The Bertz CT molecular complexity index is 578. The minimum Gasteiger partial charge on any atom is -0.389 e. The van der Waals surface area contributed by atoms with Crippen LogP contribution in [0, 0.1) is 5.92 Å². The zero-order valence-corrected chi connectivity index (χ0v) is 14.9. The smallest absolute Gasteiger partial charge is 0.217 e. The molecule has 1 heterocycles. The highest BCUT2D eigenvalue weighted by Crippen LogP contribution is 2.32. The average Bonchev–Trinajstić information content (AvgIpc) is 2.59. The van der Waals surface area contributed by atoms with Gasteiger partial charge in [0.25, 0.3) is 0 Å². The van der Waals surface area contributed by atoms with Crippen molar-refractivity contribution in [2.45, 2.75) is 50.7 Å². The molecule has 3 rings (SSSR count). The van der Waals surface area contributed by atoms with Gasteiger partial charge < -0.3 is 20.5 Å². The number of amides is 1. The Labute approximate surface area is 150 Å². The molecule has 5 nitrogen and oxygen atoms in total. The summed E-state index contributed by atoms with van der Waals surface area (Å²) in [4.78, 5) is 13.3. The van der Waals surface area contributed by atoms with Crippen LogP contribution >= 0.6 is 0 Å². The Hall–Kier alpha value is -1.43. The van der Waals surface area contributed by atoms with E-state index in [1.54, 1.807) is 0 Å². The normalized spacial score (nSPS) is 25.3. The van der Waals surface area contributed by atoms with Crippen molar-refractivity contribution in [3.63, 3.8) is 0 Å². The number of β-amino-alcohol motifs (C(OH)–C–C–N with tert-alkyl or cyclic N) is 1. The SMILES string of the molecule is NC(=O)CC1CCCN(CC(O)COC2CCCc3ccccc32)C1. The van der Waals surface area contributed by atoms with Crippen molar-refractivity contribution in [2.75, 3.05) is 26.2 Å². The van der Waals surface area contributed by atoms with Crippen LogP contribution in [0.15, 0.2) is 24.3 Å². The summed E-state index contributed by atoms with van der Waals surface area (Å²) < 4.78 is 6.05. The first-order chi connectivity index (χ1) is 12.1. The number of carbonyl (C=O) groups is 1. The van der Waals surface area contributed by atoms with E-state index in [0.717, 1.165) is 45.2 Å². The maximum absolute atomic E-state index is 11.1. The predicted octanol–water partition coefficient (Wildman–Crippen LogP) is 2.03. The van der Waals surface area contributed by atoms with E-state index >= 15 is 0 Å². The number of hydrogen-bond donors (Lipinski definition) is 2. The molecule has 5 heteroatoms. The number of fused-ring (bicyclic) bond motifs is 1. The van der Waals surface area contributed by atoms with Crippen LogP contribution in [0.4, 0.5) is 0 Å². The van der Waals surface area contributed by atoms with Gasteiger partial charge in [0, 0.05) is 19.5 Å². The summed E-state index contributed by atoms with van der Waals surface area (Å²) in [5.41, 5.74) is 7.96. The number of nitrogens with zero attached hydrogens (tertiary/aromatic N) is 1. The topological polar surface area (TPSA) is 75.8 Å². The fraction of sp³-hybridized carbons (Fsp3) is 0.650. The molecule has 0 bridgehead atoms. The molecule has 0 radical (unpaired) electrons. The fourth-order valence-corrected chi connectivity index (χ4v) is 4.23. The van der Waals surface area contributed by atoms with Gasteiger partial charge in [-0.25, -0.2) is 0 Å². The van der Waals surface area contributed by atoms with Gasteiger partial charge in [0.15, 0.2) is 0 Å². The Balaban J connectivity index is 1.45. The van der Waals surface area contributed by atoms with Crippen molar-refractivity contribution in [1.29, 1.82) is 0 Å². The van der Waals surface area contributed by atoms with Crippen LogP contribution in [-0.2, 0) is 16.0 Å². The molecule has 1 aromatic rings. The van der Waals surface area contributed by atoms with E-state index in [1.807, 2.05) is 0 Å². The lowest BCUT2D eigenvalue weighted by Crippen LogP contribution is -2.42. The van der Waals surface area contributed by atoms with E-state index in [0.29, 0.717) is 25.5 Å². The second kappa shape index (κ2) is 8.79. The summed E-state index contributed by atoms with van der Waals surface area (Å²) in [5.74, 6) is 0.0938. The molecule has 1 fully saturated rings. The minimum atomic E-state index is -0.499. The highest BCUT2D eigenvalue weighted by Gasteiger charge is 2.25. The van der Waals surface area contributed by atoms with E-state index < -0.39 is 6.10 Å². The first-order valence-corrected chi connectivity index (χ1v) is 9.50. The van der Waals surface area contributed by atoms with Crippen LogP contribution < -0.4 is 5.73 Å². The van der Waals surface area contributed by atoms with Gasteiger partial charge in [-0.3, -0.25) is 4.79 Å². The molecule has 25 heavy (non-hydrogen) atoms. The van der Waals surface area contributed by atoms with Crippen molar-refractivity contribution in [3.05, 3.63) is 35.4 Å². The lowest BCUT2D eigenvalue weighted by atomic mass is 9.89. The molecular weight excluding hydrogens is 316 g/mol. The van der Waals surface area contributed by atoms with Crippen molar-refractivity contribution in [3.8, 4) is 0 Å². The summed E-state index contributed by atoms with van der Waals surface area (Å²) in [6.07, 6.45) is 5.43. The van der Waals surface area contributed by atoms with Gasteiger partial charge in [0.1, 0.15) is 0 Å². The van der Waals surface area contributed by atoms with Crippen LogP contribution in [0.25, 0.3) is 0 Å². The number of primary amides is 1. The number of nitrogens with two attached hydrogens (primary N) is 1. The minimum absolute atomic E-state index is 0.101. The van der Waals surface area contributed by atoms with Gasteiger partial charge in [-0.05, 0) is 55.7 Å². The van der Waals surface area contributed by atoms with Crippen LogP contribution in [-0.4, -0.2) is 48.3 Å². The molecule has 0 saturated carbocycles. The van der Waals surface area contributed by atoms with Gasteiger partial charge in [-0.2, -0.15) is 0 Å². The molecule has 0 aromatic heterocycles. The van der Waals surface area contributed by atoms with E-state index in [-0.39, 0.29) is 12.0 Å². The third-order valence-corrected chi connectivity index (χ3v) is 5.37. The second-order valence-corrected chi connectivity index (χ2v) is 7.51. The number of rotatable bonds is 7. The fourth-order valence-electron chi connectivity index (χ4n) is 4.23. The average molecular weight is 346 g/mol. The molecule has 1 saturated heterocycles. The van der Waals surface area contributed by atoms with Crippen molar-refractivity contribution >= 4 is 5.91 Å². The van der Waals surface area contributed by atoms with Gasteiger partial charge >= 0.3 is 0 Å². The van der Waals surface area contributed by atoms with Crippen molar-refractivity contribution in [1.82, 2.24) is 4.90 Å². The summed E-state index contributed by atoms with van der Waals surface area (Å²) >= 11 is 0. The first kappa shape index (κ1) is 18.4. The molecule has 1 aromatic carbocycles. The third kappa shape index (κ3) is 5.27. The van der Waals surface area contributed by atoms with E-state index in [2.05, 4.69) is 29.2 Å². The number of aliphatic hydroxyl groups excluding tert-OH is 1. The Morgan fingerprint density at radius 3 is 3.00 bits per heavy atom. The quantitative estimate of drug-likeness (QED) is 0.792. The molecule has 3 N–H and O–H groups in total. The number of piperidine rings is 1. The highest BCUT2D eigenvalue weighted by atomic mass is 16.5. The molecule has 3 atom stereocenters. The van der Waals surface area contributed by atoms with Crippen molar-refractivity contribution in [2.24, 2.45) is 11.7 Å². The molecule has 0 spiro atoms. The maximum atomic E-state index is 11.1. The second-order valence-electron chi connectivity index (χ2n) is 7.51. The summed E-state index contributed by atoms with van der Waals surface area (Å²) in [6, 6.07) is 8.46. The Kier molecular flexibility index (Phi) is 6.45. The Morgan fingerprint density at radius 2 is 2.16 bits per heavy atom. The van der Waals surface area contributed by atoms with E-state index in [4.69, 9.17) is 10.5 Å². The maximum Gasteiger partial charge on any atom is 0.217 e. The third-order valence-electron chi connectivity index (χ3n) is 5.37. The largest absolute Gasteiger partial charge is 0.389 e. The lowest BCUT2D eigenvalue weighted by Gasteiger charge is -2.34. The standard InChI is InChI=1S/C20H30N2O3/c21-20(24)11-15-5-4-10-22(12-15)13-17(23)14-25-19-9-3-7-16-6-1-2-8-18(16)19/h1-2,6,8,15,17,19,23H,3-5,7,9-14H2,(H2,21,24). The van der Waals surface area contributed by atoms with Gasteiger partial charge in [0.2, 0.25) is 5.91 Å². The summed E-state index contributed by atoms with van der Waals surface area (Å²) in [5, 5.41) is 10.4. The molecule has 3 unspecified atom stereocenters. The molecular formula is C20H30N2O3. The zero-order chi connectivity index (χ0) is 17.6. The zero-order valence-electron chi connectivity index (χ0n) is 14.9. The number of hydrogen-bond acceptors (Lipinski definition) is 4. The molecule has 138 valence electrons. The van der Waals surface area contributed by atoms with Crippen molar-refractivity contribution < 1.29 is 14.6 Å². The number of benzene rings is 1. The number of aryl methyl sites for hydroxylation is 1. The van der Waals surface area contributed by atoms with Crippen LogP contribution in [0.3, 0.4) is 0 Å². The predicted molar refractivity (Wildman–Crippen MR) is 97.1 cm³/mol.